The van der Waals surface area contributed by atoms with Gasteiger partial charge in [-0.25, -0.2) is 0 Å². The van der Waals surface area contributed by atoms with Crippen LogP contribution >= 0.6 is 0 Å². The van der Waals surface area contributed by atoms with Gasteiger partial charge in [0.15, 0.2) is 5.96 Å². The van der Waals surface area contributed by atoms with E-state index in [1.807, 2.05) is 32.3 Å². The van der Waals surface area contributed by atoms with E-state index in [1.165, 1.54) is 19.3 Å². The molecule has 1 aliphatic carbocycles. The van der Waals surface area contributed by atoms with Gasteiger partial charge in [0.2, 0.25) is 0 Å². The van der Waals surface area contributed by atoms with Crippen molar-refractivity contribution < 1.29 is 4.74 Å². The Balaban J connectivity index is 1.98. The van der Waals surface area contributed by atoms with Crippen molar-refractivity contribution in [3.05, 3.63) is 29.8 Å². The van der Waals surface area contributed by atoms with Crippen LogP contribution in [-0.4, -0.2) is 45.2 Å². The molecule has 0 heterocycles. The molecule has 1 fully saturated rings. The highest BCUT2D eigenvalue weighted by Gasteiger charge is 2.19. The fourth-order valence-electron chi connectivity index (χ4n) is 2.67. The molecule has 1 aromatic carbocycles. The molecule has 0 aliphatic heterocycles. The smallest absolute Gasteiger partial charge is 0.188 e. The summed E-state index contributed by atoms with van der Waals surface area (Å²) in [5.41, 5.74) is 7.12. The maximum Gasteiger partial charge on any atom is 0.188 e. The summed E-state index contributed by atoms with van der Waals surface area (Å²) >= 11 is 0. The standard InChI is InChI=1S/C17H28N4O/c1-21(2)15(14-9-4-5-10-16(14)22-3)12-20-17(18)19-11-13-7-6-8-13/h4-5,9-10,13,15H,6-8,11-12H2,1-3H3,(H3,18,19,20). The van der Waals surface area contributed by atoms with Crippen molar-refractivity contribution in [2.45, 2.75) is 25.3 Å². The Labute approximate surface area is 133 Å². The maximum absolute atomic E-state index is 5.99. The lowest BCUT2D eigenvalue weighted by Gasteiger charge is -2.26. The number of para-hydroxylation sites is 1. The van der Waals surface area contributed by atoms with Gasteiger partial charge in [-0.1, -0.05) is 24.6 Å². The van der Waals surface area contributed by atoms with Gasteiger partial charge in [-0.05, 0) is 38.9 Å². The highest BCUT2D eigenvalue weighted by molar-refractivity contribution is 5.77. The molecule has 0 aromatic heterocycles. The van der Waals surface area contributed by atoms with Crippen LogP contribution in [0, 0.1) is 5.92 Å². The summed E-state index contributed by atoms with van der Waals surface area (Å²) in [6.07, 6.45) is 3.96. The Hall–Kier alpha value is -1.75. The van der Waals surface area contributed by atoms with Crippen molar-refractivity contribution in [1.82, 2.24) is 10.2 Å². The van der Waals surface area contributed by atoms with Crippen molar-refractivity contribution in [3.8, 4) is 5.75 Å². The fraction of sp³-hybridized carbons (Fsp3) is 0.588. The van der Waals surface area contributed by atoms with E-state index in [0.717, 1.165) is 23.8 Å². The molecule has 1 aromatic rings. The Bertz CT molecular complexity index is 497. The number of hydrogen-bond donors (Lipinski definition) is 2. The van der Waals surface area contributed by atoms with Crippen molar-refractivity contribution in [3.63, 3.8) is 0 Å². The fourth-order valence-corrected chi connectivity index (χ4v) is 2.67. The van der Waals surface area contributed by atoms with Gasteiger partial charge in [0.1, 0.15) is 5.75 Å². The van der Waals surface area contributed by atoms with E-state index < -0.39 is 0 Å². The number of methoxy groups -OCH3 is 1. The first-order chi connectivity index (χ1) is 10.6. The lowest BCUT2D eigenvalue weighted by molar-refractivity contribution is 0.294. The highest BCUT2D eigenvalue weighted by atomic mass is 16.5. The number of nitrogens with zero attached hydrogens (tertiary/aromatic N) is 2. The van der Waals surface area contributed by atoms with Gasteiger partial charge in [0, 0.05) is 12.1 Å². The summed E-state index contributed by atoms with van der Waals surface area (Å²) in [6, 6.07) is 8.20. The minimum absolute atomic E-state index is 0.139. The first-order valence-electron chi connectivity index (χ1n) is 7.95. The Morgan fingerprint density at radius 2 is 2.14 bits per heavy atom. The van der Waals surface area contributed by atoms with Crippen LogP contribution in [-0.2, 0) is 0 Å². The molecule has 0 bridgehead atoms. The molecule has 0 amide bonds. The van der Waals surface area contributed by atoms with Crippen LogP contribution in [0.4, 0.5) is 0 Å². The molecule has 1 atom stereocenters. The average Bonchev–Trinajstić information content (AvgIpc) is 2.46. The lowest BCUT2D eigenvalue weighted by Crippen LogP contribution is -2.38. The van der Waals surface area contributed by atoms with E-state index in [2.05, 4.69) is 21.3 Å². The van der Waals surface area contributed by atoms with Gasteiger partial charge < -0.3 is 20.7 Å². The van der Waals surface area contributed by atoms with Crippen molar-refractivity contribution >= 4 is 5.96 Å². The van der Waals surface area contributed by atoms with Crippen LogP contribution < -0.4 is 15.8 Å². The zero-order valence-electron chi connectivity index (χ0n) is 13.9. The van der Waals surface area contributed by atoms with Gasteiger partial charge >= 0.3 is 0 Å². The summed E-state index contributed by atoms with van der Waals surface area (Å²) < 4.78 is 5.46. The summed E-state index contributed by atoms with van der Waals surface area (Å²) in [4.78, 5) is 6.65. The second kappa shape index (κ2) is 8.03. The molecule has 1 saturated carbocycles. The van der Waals surface area contributed by atoms with E-state index in [4.69, 9.17) is 10.5 Å². The number of aliphatic imine (C=N–C) groups is 1. The number of rotatable bonds is 7. The van der Waals surface area contributed by atoms with Gasteiger partial charge in [0.05, 0.1) is 19.7 Å². The van der Waals surface area contributed by atoms with Gasteiger partial charge in [-0.3, -0.25) is 4.99 Å². The van der Waals surface area contributed by atoms with E-state index >= 15 is 0 Å². The Morgan fingerprint density at radius 1 is 1.41 bits per heavy atom. The molecule has 5 nitrogen and oxygen atoms in total. The molecule has 0 saturated heterocycles. The second-order valence-electron chi connectivity index (χ2n) is 6.13. The van der Waals surface area contributed by atoms with Crippen molar-refractivity contribution in [2.75, 3.05) is 34.3 Å². The monoisotopic (exact) mass is 304 g/mol. The summed E-state index contributed by atoms with van der Waals surface area (Å²) in [7, 11) is 5.79. The van der Waals surface area contributed by atoms with E-state index in [9.17, 15) is 0 Å². The summed E-state index contributed by atoms with van der Waals surface area (Å²) in [5.74, 6) is 2.19. The topological polar surface area (TPSA) is 62.9 Å². The average molecular weight is 304 g/mol. The third-order valence-corrected chi connectivity index (χ3v) is 4.35. The maximum atomic E-state index is 5.99. The van der Waals surface area contributed by atoms with Gasteiger partial charge in [-0.2, -0.15) is 0 Å². The van der Waals surface area contributed by atoms with E-state index in [-0.39, 0.29) is 6.04 Å². The summed E-state index contributed by atoms with van der Waals surface area (Å²) in [6.45, 7) is 1.55. The van der Waals surface area contributed by atoms with Crippen LogP contribution in [0.5, 0.6) is 5.75 Å². The predicted octanol–water partition coefficient (Wildman–Crippen LogP) is 2.00. The van der Waals surface area contributed by atoms with Crippen molar-refractivity contribution in [1.29, 1.82) is 0 Å². The molecule has 1 unspecified atom stereocenters. The van der Waals surface area contributed by atoms with Crippen LogP contribution in [0.2, 0.25) is 0 Å². The Kier molecular flexibility index (Phi) is 6.07. The van der Waals surface area contributed by atoms with Crippen LogP contribution in [0.1, 0.15) is 30.9 Å². The number of guanidine groups is 1. The molecular formula is C17H28N4O. The van der Waals surface area contributed by atoms with Crippen LogP contribution in [0.15, 0.2) is 29.3 Å². The first kappa shape index (κ1) is 16.6. The number of ether oxygens (including phenoxy) is 1. The number of likely N-dealkylation sites (N-methyl/N-ethyl adjacent to an activating group) is 1. The number of hydrogen-bond acceptors (Lipinski definition) is 3. The third-order valence-electron chi connectivity index (χ3n) is 4.35. The highest BCUT2D eigenvalue weighted by Crippen LogP contribution is 2.28. The molecule has 2 rings (SSSR count). The van der Waals surface area contributed by atoms with Crippen LogP contribution in [0.25, 0.3) is 0 Å². The minimum atomic E-state index is 0.139. The molecular weight excluding hydrogens is 276 g/mol. The van der Waals surface area contributed by atoms with Gasteiger partial charge in [0.25, 0.3) is 0 Å². The predicted molar refractivity (Wildman–Crippen MR) is 91.3 cm³/mol. The molecule has 1 aliphatic rings. The summed E-state index contributed by atoms with van der Waals surface area (Å²) in [5, 5.41) is 3.24. The Morgan fingerprint density at radius 3 is 2.73 bits per heavy atom. The van der Waals surface area contributed by atoms with E-state index in [0.29, 0.717) is 12.5 Å². The minimum Gasteiger partial charge on any atom is -0.496 e. The molecule has 3 N–H and O–H groups in total. The molecule has 0 radical (unpaired) electrons. The molecule has 22 heavy (non-hydrogen) atoms. The SMILES string of the molecule is COc1ccccc1C(CN=C(N)NCC1CCC1)N(C)C. The second-order valence-corrected chi connectivity index (χ2v) is 6.13. The third kappa shape index (κ3) is 4.37. The number of benzene rings is 1. The van der Waals surface area contributed by atoms with Gasteiger partial charge in [-0.15, -0.1) is 0 Å². The quantitative estimate of drug-likeness (QED) is 0.597. The molecule has 0 spiro atoms. The van der Waals surface area contributed by atoms with Crippen molar-refractivity contribution in [2.24, 2.45) is 16.6 Å². The first-order valence-corrected chi connectivity index (χ1v) is 7.95. The van der Waals surface area contributed by atoms with E-state index in [1.54, 1.807) is 7.11 Å². The largest absolute Gasteiger partial charge is 0.496 e. The molecule has 122 valence electrons. The zero-order valence-corrected chi connectivity index (χ0v) is 13.9. The molecule has 5 heteroatoms. The van der Waals surface area contributed by atoms with Crippen LogP contribution in [0.3, 0.4) is 0 Å². The zero-order chi connectivity index (χ0) is 15.9. The lowest BCUT2D eigenvalue weighted by atomic mass is 9.85. The normalized spacial score (nSPS) is 17.2. The number of nitrogens with one attached hydrogen (secondary N) is 1. The number of nitrogens with two attached hydrogens (primary N) is 1.